The summed E-state index contributed by atoms with van der Waals surface area (Å²) in [6.07, 6.45) is 6.13. The van der Waals surface area contributed by atoms with E-state index in [2.05, 4.69) is 10.3 Å². The van der Waals surface area contributed by atoms with Crippen LogP contribution in [-0.2, 0) is 9.59 Å². The molecule has 0 aliphatic heterocycles. The van der Waals surface area contributed by atoms with Crippen LogP contribution >= 0.6 is 0 Å². The number of carboxylic acids is 1. The zero-order valence-corrected chi connectivity index (χ0v) is 10.7. The molecule has 0 radical (unpaired) electrons. The molecule has 1 aromatic rings. The second-order valence-corrected chi connectivity index (χ2v) is 4.70. The number of rotatable bonds is 3. The van der Waals surface area contributed by atoms with Crippen LogP contribution in [0.1, 0.15) is 18.4 Å². The quantitative estimate of drug-likeness (QED) is 0.815. The van der Waals surface area contributed by atoms with E-state index in [-0.39, 0.29) is 5.91 Å². The van der Waals surface area contributed by atoms with Crippen LogP contribution in [0.15, 0.2) is 30.5 Å². The fourth-order valence-corrected chi connectivity index (χ4v) is 2.20. The molecule has 0 spiro atoms. The highest BCUT2D eigenvalue weighted by Crippen LogP contribution is 2.27. The van der Waals surface area contributed by atoms with Gasteiger partial charge < -0.3 is 10.4 Å². The van der Waals surface area contributed by atoms with Crippen molar-refractivity contribution in [3.05, 3.63) is 36.0 Å². The Morgan fingerprint density at radius 1 is 1.32 bits per heavy atom. The molecule has 1 aliphatic carbocycles. The summed E-state index contributed by atoms with van der Waals surface area (Å²) in [5.41, 5.74) is 0.989. The lowest BCUT2D eigenvalue weighted by atomic mass is 9.82. The number of aryl methyl sites for hydroxylation is 1. The first-order valence-corrected chi connectivity index (χ1v) is 6.19. The average molecular weight is 260 g/mol. The standard InChI is InChI=1S/C14H16N2O3/c1-9-6-7-15-12(8-9)16-13(17)10-4-2-3-5-11(10)14(18)19/h2-3,6-8,10-11H,4-5H2,1H3,(H,18,19)(H,15,16,17)/t10-,11+/m0/s1. The van der Waals surface area contributed by atoms with Crippen molar-refractivity contribution in [3.63, 3.8) is 0 Å². The Labute approximate surface area is 111 Å². The molecule has 0 saturated carbocycles. The lowest BCUT2D eigenvalue weighted by Gasteiger charge is -2.24. The number of hydrogen-bond donors (Lipinski definition) is 2. The predicted octanol–water partition coefficient (Wildman–Crippen LogP) is 2.00. The third kappa shape index (κ3) is 3.19. The SMILES string of the molecule is Cc1ccnc(NC(=O)[C@H]2CC=CC[C@H]2C(=O)O)c1. The summed E-state index contributed by atoms with van der Waals surface area (Å²) in [5.74, 6) is -1.94. The number of nitrogens with zero attached hydrogens (tertiary/aromatic N) is 1. The van der Waals surface area contributed by atoms with Crippen molar-refractivity contribution in [2.45, 2.75) is 19.8 Å². The number of nitrogens with one attached hydrogen (secondary N) is 1. The summed E-state index contributed by atoms with van der Waals surface area (Å²) < 4.78 is 0. The van der Waals surface area contributed by atoms with Crippen LogP contribution in [0.3, 0.4) is 0 Å². The molecule has 5 heteroatoms. The molecule has 19 heavy (non-hydrogen) atoms. The average Bonchev–Trinajstić information content (AvgIpc) is 2.38. The Hall–Kier alpha value is -2.17. The van der Waals surface area contributed by atoms with E-state index in [0.717, 1.165) is 5.56 Å². The maximum atomic E-state index is 12.1. The number of carbonyl (C=O) groups excluding carboxylic acids is 1. The van der Waals surface area contributed by atoms with Gasteiger partial charge in [0.2, 0.25) is 5.91 Å². The molecule has 2 rings (SSSR count). The maximum absolute atomic E-state index is 12.1. The van der Waals surface area contributed by atoms with Gasteiger partial charge in [0.15, 0.2) is 0 Å². The molecule has 1 heterocycles. The Balaban J connectivity index is 2.10. The normalized spacial score (nSPS) is 21.9. The second-order valence-electron chi connectivity index (χ2n) is 4.70. The minimum absolute atomic E-state index is 0.283. The van der Waals surface area contributed by atoms with Crippen molar-refractivity contribution >= 4 is 17.7 Å². The first-order valence-electron chi connectivity index (χ1n) is 6.19. The minimum Gasteiger partial charge on any atom is -0.481 e. The zero-order chi connectivity index (χ0) is 13.8. The van der Waals surface area contributed by atoms with E-state index in [1.54, 1.807) is 12.3 Å². The maximum Gasteiger partial charge on any atom is 0.307 e. The van der Waals surface area contributed by atoms with Gasteiger partial charge in [0, 0.05) is 6.20 Å². The minimum atomic E-state index is -0.929. The highest BCUT2D eigenvalue weighted by molar-refractivity contribution is 5.94. The summed E-state index contributed by atoms with van der Waals surface area (Å²) in [7, 11) is 0. The Morgan fingerprint density at radius 2 is 2.00 bits per heavy atom. The van der Waals surface area contributed by atoms with Crippen LogP contribution in [0.2, 0.25) is 0 Å². The van der Waals surface area contributed by atoms with Gasteiger partial charge in [-0.05, 0) is 37.5 Å². The highest BCUT2D eigenvalue weighted by Gasteiger charge is 2.34. The molecule has 0 unspecified atom stereocenters. The number of aliphatic carboxylic acids is 1. The van der Waals surface area contributed by atoms with Gasteiger partial charge in [-0.2, -0.15) is 0 Å². The Morgan fingerprint density at radius 3 is 2.63 bits per heavy atom. The van der Waals surface area contributed by atoms with Crippen molar-refractivity contribution in [3.8, 4) is 0 Å². The fraction of sp³-hybridized carbons (Fsp3) is 0.357. The molecule has 2 atom stereocenters. The summed E-state index contributed by atoms with van der Waals surface area (Å²) in [5, 5.41) is 11.8. The number of anilines is 1. The monoisotopic (exact) mass is 260 g/mol. The summed E-state index contributed by atoms with van der Waals surface area (Å²) in [6.45, 7) is 1.90. The van der Waals surface area contributed by atoms with Gasteiger partial charge in [0.1, 0.15) is 5.82 Å². The summed E-state index contributed by atoms with van der Waals surface area (Å²) >= 11 is 0. The van der Waals surface area contributed by atoms with E-state index in [1.165, 1.54) is 0 Å². The van der Waals surface area contributed by atoms with E-state index in [9.17, 15) is 9.59 Å². The Kier molecular flexibility index (Phi) is 3.94. The molecular formula is C14H16N2O3. The Bertz CT molecular complexity index is 525. The van der Waals surface area contributed by atoms with Crippen molar-refractivity contribution in [1.29, 1.82) is 0 Å². The molecule has 0 aromatic carbocycles. The van der Waals surface area contributed by atoms with Gasteiger partial charge in [-0.3, -0.25) is 9.59 Å². The van der Waals surface area contributed by atoms with Crippen molar-refractivity contribution < 1.29 is 14.7 Å². The van der Waals surface area contributed by atoms with Gasteiger partial charge >= 0.3 is 5.97 Å². The lowest BCUT2D eigenvalue weighted by Crippen LogP contribution is -2.34. The molecular weight excluding hydrogens is 244 g/mol. The number of carbonyl (C=O) groups is 2. The number of allylic oxidation sites excluding steroid dienone is 2. The molecule has 0 bridgehead atoms. The third-order valence-electron chi connectivity index (χ3n) is 3.25. The van der Waals surface area contributed by atoms with Crippen LogP contribution in [0, 0.1) is 18.8 Å². The number of carboxylic acid groups (broad SMARTS) is 1. The van der Waals surface area contributed by atoms with Crippen molar-refractivity contribution in [1.82, 2.24) is 4.98 Å². The first-order chi connectivity index (χ1) is 9.08. The molecule has 1 aromatic heterocycles. The lowest BCUT2D eigenvalue weighted by molar-refractivity contribution is -0.146. The van der Waals surface area contributed by atoms with Gasteiger partial charge in [-0.15, -0.1) is 0 Å². The highest BCUT2D eigenvalue weighted by atomic mass is 16.4. The zero-order valence-electron chi connectivity index (χ0n) is 10.7. The van der Waals surface area contributed by atoms with Gasteiger partial charge in [-0.1, -0.05) is 12.2 Å². The van der Waals surface area contributed by atoms with Crippen LogP contribution in [0.4, 0.5) is 5.82 Å². The summed E-state index contributed by atoms with van der Waals surface area (Å²) in [6, 6.07) is 3.59. The smallest absolute Gasteiger partial charge is 0.307 e. The molecule has 2 N–H and O–H groups in total. The number of aromatic nitrogens is 1. The predicted molar refractivity (Wildman–Crippen MR) is 70.6 cm³/mol. The molecule has 1 aliphatic rings. The van der Waals surface area contributed by atoms with Crippen molar-refractivity contribution in [2.24, 2.45) is 11.8 Å². The van der Waals surface area contributed by atoms with Gasteiger partial charge in [0.25, 0.3) is 0 Å². The van der Waals surface area contributed by atoms with Crippen LogP contribution in [0.25, 0.3) is 0 Å². The topological polar surface area (TPSA) is 79.3 Å². The van der Waals surface area contributed by atoms with Crippen molar-refractivity contribution in [2.75, 3.05) is 5.32 Å². The second kappa shape index (κ2) is 5.65. The number of pyridine rings is 1. The van der Waals surface area contributed by atoms with Crippen LogP contribution in [0.5, 0.6) is 0 Å². The first kappa shape index (κ1) is 13.3. The number of amides is 1. The number of hydrogen-bond acceptors (Lipinski definition) is 3. The molecule has 100 valence electrons. The largest absolute Gasteiger partial charge is 0.481 e. The fourth-order valence-electron chi connectivity index (χ4n) is 2.20. The summed E-state index contributed by atoms with van der Waals surface area (Å²) in [4.78, 5) is 27.3. The molecule has 0 fully saturated rings. The van der Waals surface area contributed by atoms with E-state index < -0.39 is 17.8 Å². The van der Waals surface area contributed by atoms with Crippen LogP contribution < -0.4 is 5.32 Å². The third-order valence-corrected chi connectivity index (χ3v) is 3.25. The van der Waals surface area contributed by atoms with E-state index in [4.69, 9.17) is 5.11 Å². The van der Waals surface area contributed by atoms with E-state index in [1.807, 2.05) is 25.1 Å². The van der Waals surface area contributed by atoms with Gasteiger partial charge in [-0.25, -0.2) is 4.98 Å². The molecule has 1 amide bonds. The van der Waals surface area contributed by atoms with Gasteiger partial charge in [0.05, 0.1) is 11.8 Å². The van der Waals surface area contributed by atoms with E-state index in [0.29, 0.717) is 18.7 Å². The molecule has 0 saturated heterocycles. The molecule has 5 nitrogen and oxygen atoms in total. The van der Waals surface area contributed by atoms with E-state index >= 15 is 0 Å². The van der Waals surface area contributed by atoms with Crippen LogP contribution in [-0.4, -0.2) is 22.0 Å².